The van der Waals surface area contributed by atoms with Crippen molar-refractivity contribution < 1.29 is 24.1 Å². The van der Waals surface area contributed by atoms with E-state index in [0.29, 0.717) is 22.8 Å². The molecular formula is C12H12O5. The standard InChI is InChI=1S/C12H12O5/c1-8(4-12(13)14)6-15-9-2-3-10-11(5-9)17-7-16-10/h2-5H,6-7H2,1H3,(H,13,14)/b8-4+. The van der Waals surface area contributed by atoms with Gasteiger partial charge < -0.3 is 19.3 Å². The third-order valence-electron chi connectivity index (χ3n) is 2.18. The van der Waals surface area contributed by atoms with Gasteiger partial charge in [0.2, 0.25) is 6.79 Å². The second kappa shape index (κ2) is 4.78. The van der Waals surface area contributed by atoms with Gasteiger partial charge in [0.1, 0.15) is 12.4 Å². The zero-order chi connectivity index (χ0) is 12.3. The summed E-state index contributed by atoms with van der Waals surface area (Å²) in [6.45, 7) is 2.14. The van der Waals surface area contributed by atoms with Crippen LogP contribution in [0.1, 0.15) is 6.92 Å². The highest BCUT2D eigenvalue weighted by molar-refractivity contribution is 5.80. The molecule has 0 radical (unpaired) electrons. The van der Waals surface area contributed by atoms with Crippen LogP contribution in [0.2, 0.25) is 0 Å². The molecule has 0 fully saturated rings. The Bertz CT molecular complexity index is 464. The summed E-state index contributed by atoms with van der Waals surface area (Å²) in [5.74, 6) is 0.974. The Morgan fingerprint density at radius 2 is 2.24 bits per heavy atom. The summed E-state index contributed by atoms with van der Waals surface area (Å²) >= 11 is 0. The van der Waals surface area contributed by atoms with Crippen LogP contribution in [0, 0.1) is 0 Å². The van der Waals surface area contributed by atoms with Gasteiger partial charge in [-0.1, -0.05) is 0 Å². The van der Waals surface area contributed by atoms with E-state index in [1.54, 1.807) is 25.1 Å². The minimum atomic E-state index is -0.975. The molecule has 2 rings (SSSR count). The second-order valence-electron chi connectivity index (χ2n) is 3.63. The fourth-order valence-corrected chi connectivity index (χ4v) is 1.42. The van der Waals surface area contributed by atoms with Crippen LogP contribution < -0.4 is 14.2 Å². The maximum Gasteiger partial charge on any atom is 0.328 e. The van der Waals surface area contributed by atoms with Crippen LogP contribution in [0.4, 0.5) is 0 Å². The third-order valence-corrected chi connectivity index (χ3v) is 2.18. The number of hydrogen-bond donors (Lipinski definition) is 1. The predicted molar refractivity (Wildman–Crippen MR) is 59.5 cm³/mol. The number of rotatable bonds is 4. The molecule has 1 aliphatic heterocycles. The lowest BCUT2D eigenvalue weighted by atomic mass is 10.3. The molecule has 17 heavy (non-hydrogen) atoms. The smallest absolute Gasteiger partial charge is 0.328 e. The van der Waals surface area contributed by atoms with Crippen LogP contribution in [0.5, 0.6) is 17.2 Å². The van der Waals surface area contributed by atoms with E-state index in [1.165, 1.54) is 0 Å². The topological polar surface area (TPSA) is 65.0 Å². The zero-order valence-corrected chi connectivity index (χ0v) is 9.30. The molecule has 0 aliphatic carbocycles. The van der Waals surface area contributed by atoms with E-state index in [-0.39, 0.29) is 13.4 Å². The number of carboxylic acid groups (broad SMARTS) is 1. The van der Waals surface area contributed by atoms with Gasteiger partial charge in [0.25, 0.3) is 0 Å². The maximum absolute atomic E-state index is 10.4. The Morgan fingerprint density at radius 3 is 3.00 bits per heavy atom. The second-order valence-corrected chi connectivity index (χ2v) is 3.63. The van der Waals surface area contributed by atoms with Gasteiger partial charge >= 0.3 is 5.97 Å². The lowest BCUT2D eigenvalue weighted by molar-refractivity contribution is -0.131. The first kappa shape index (κ1) is 11.3. The van der Waals surface area contributed by atoms with Gasteiger partial charge in [-0.3, -0.25) is 0 Å². The molecule has 0 unspecified atom stereocenters. The molecule has 1 aromatic carbocycles. The quantitative estimate of drug-likeness (QED) is 0.808. The van der Waals surface area contributed by atoms with E-state index in [2.05, 4.69) is 0 Å². The van der Waals surface area contributed by atoms with E-state index >= 15 is 0 Å². The predicted octanol–water partition coefficient (Wildman–Crippen LogP) is 1.82. The summed E-state index contributed by atoms with van der Waals surface area (Å²) in [5.41, 5.74) is 0.634. The van der Waals surface area contributed by atoms with Gasteiger partial charge in [0, 0.05) is 12.1 Å². The third kappa shape index (κ3) is 2.90. The molecule has 5 heteroatoms. The molecule has 1 heterocycles. The molecule has 0 amide bonds. The first-order chi connectivity index (χ1) is 8.15. The average Bonchev–Trinajstić information content (AvgIpc) is 2.72. The summed E-state index contributed by atoms with van der Waals surface area (Å²) in [7, 11) is 0. The maximum atomic E-state index is 10.4. The number of ether oxygens (including phenoxy) is 3. The van der Waals surface area contributed by atoms with E-state index in [1.807, 2.05) is 0 Å². The van der Waals surface area contributed by atoms with Crippen molar-refractivity contribution in [1.29, 1.82) is 0 Å². The number of benzene rings is 1. The summed E-state index contributed by atoms with van der Waals surface area (Å²) in [6, 6.07) is 5.23. The van der Waals surface area contributed by atoms with E-state index in [0.717, 1.165) is 6.08 Å². The average molecular weight is 236 g/mol. The Balaban J connectivity index is 1.98. The monoisotopic (exact) mass is 236 g/mol. The fraction of sp³-hybridized carbons (Fsp3) is 0.250. The molecule has 1 N–H and O–H groups in total. The summed E-state index contributed by atoms with van der Waals surface area (Å²) in [4.78, 5) is 10.4. The zero-order valence-electron chi connectivity index (χ0n) is 9.30. The Morgan fingerprint density at radius 1 is 1.47 bits per heavy atom. The van der Waals surface area contributed by atoms with Crippen LogP contribution in [0.15, 0.2) is 29.8 Å². The van der Waals surface area contributed by atoms with E-state index in [9.17, 15) is 4.79 Å². The lowest BCUT2D eigenvalue weighted by Gasteiger charge is -2.06. The van der Waals surface area contributed by atoms with Crippen molar-refractivity contribution in [2.45, 2.75) is 6.92 Å². The molecule has 90 valence electrons. The highest BCUT2D eigenvalue weighted by atomic mass is 16.7. The molecule has 0 aromatic heterocycles. The summed E-state index contributed by atoms with van der Waals surface area (Å²) in [5, 5.41) is 8.54. The number of carbonyl (C=O) groups is 1. The number of aliphatic carboxylic acids is 1. The van der Waals surface area contributed by atoms with Gasteiger partial charge in [-0.05, 0) is 24.6 Å². The minimum Gasteiger partial charge on any atom is -0.489 e. The molecular weight excluding hydrogens is 224 g/mol. The Kier molecular flexibility index (Phi) is 3.18. The van der Waals surface area contributed by atoms with Crippen molar-refractivity contribution in [2.24, 2.45) is 0 Å². The molecule has 1 aromatic rings. The SMILES string of the molecule is C/C(=C\C(=O)O)COc1ccc2c(c1)OCO2. The lowest BCUT2D eigenvalue weighted by Crippen LogP contribution is -2.01. The van der Waals surface area contributed by atoms with Crippen LogP contribution in [0.3, 0.4) is 0 Å². The number of carboxylic acids is 1. The van der Waals surface area contributed by atoms with Crippen molar-refractivity contribution in [3.8, 4) is 17.2 Å². The van der Waals surface area contributed by atoms with E-state index < -0.39 is 5.97 Å². The van der Waals surface area contributed by atoms with Crippen LogP contribution >= 0.6 is 0 Å². The molecule has 0 atom stereocenters. The van der Waals surface area contributed by atoms with Crippen molar-refractivity contribution >= 4 is 5.97 Å². The van der Waals surface area contributed by atoms with Gasteiger partial charge in [-0.2, -0.15) is 0 Å². The number of fused-ring (bicyclic) bond motifs is 1. The molecule has 1 aliphatic rings. The summed E-state index contributed by atoms with van der Waals surface area (Å²) < 4.78 is 15.8. The van der Waals surface area contributed by atoms with Crippen molar-refractivity contribution in [3.63, 3.8) is 0 Å². The molecule has 0 spiro atoms. The van der Waals surface area contributed by atoms with Gasteiger partial charge in [0.15, 0.2) is 11.5 Å². The molecule has 0 bridgehead atoms. The Labute approximate surface area is 98.2 Å². The molecule has 0 saturated carbocycles. The van der Waals surface area contributed by atoms with Gasteiger partial charge in [-0.25, -0.2) is 4.79 Å². The van der Waals surface area contributed by atoms with Crippen LogP contribution in [-0.2, 0) is 4.79 Å². The molecule has 0 saturated heterocycles. The highest BCUT2D eigenvalue weighted by Gasteiger charge is 2.13. The first-order valence-corrected chi connectivity index (χ1v) is 5.08. The highest BCUT2D eigenvalue weighted by Crippen LogP contribution is 2.35. The minimum absolute atomic E-state index is 0.219. The van der Waals surface area contributed by atoms with Crippen molar-refractivity contribution in [3.05, 3.63) is 29.8 Å². The fourth-order valence-electron chi connectivity index (χ4n) is 1.42. The van der Waals surface area contributed by atoms with E-state index in [4.69, 9.17) is 19.3 Å². The first-order valence-electron chi connectivity index (χ1n) is 5.08. The molecule has 5 nitrogen and oxygen atoms in total. The van der Waals surface area contributed by atoms with Crippen molar-refractivity contribution in [1.82, 2.24) is 0 Å². The van der Waals surface area contributed by atoms with Gasteiger partial charge in [-0.15, -0.1) is 0 Å². The largest absolute Gasteiger partial charge is 0.489 e. The van der Waals surface area contributed by atoms with Crippen LogP contribution in [0.25, 0.3) is 0 Å². The van der Waals surface area contributed by atoms with Gasteiger partial charge in [0.05, 0.1) is 0 Å². The Hall–Kier alpha value is -2.17. The summed E-state index contributed by atoms with van der Waals surface area (Å²) in [6.07, 6.45) is 1.12. The van der Waals surface area contributed by atoms with Crippen LogP contribution in [-0.4, -0.2) is 24.5 Å². The van der Waals surface area contributed by atoms with Crippen molar-refractivity contribution in [2.75, 3.05) is 13.4 Å². The normalized spacial score (nSPS) is 13.6. The number of hydrogen-bond acceptors (Lipinski definition) is 4.